The first-order valence-electron chi connectivity index (χ1n) is 9.06. The number of carbonyl (C=O) groups is 1. The summed E-state index contributed by atoms with van der Waals surface area (Å²) in [7, 11) is -3.77. The molecule has 0 saturated carbocycles. The molecule has 1 fully saturated rings. The van der Waals surface area contributed by atoms with Crippen molar-refractivity contribution in [2.45, 2.75) is 42.2 Å². The largest absolute Gasteiger partial charge is 0.391 e. The van der Waals surface area contributed by atoms with E-state index in [0.29, 0.717) is 19.4 Å². The van der Waals surface area contributed by atoms with E-state index in [1.54, 1.807) is 22.4 Å². The maximum absolute atomic E-state index is 13.2. The van der Waals surface area contributed by atoms with Crippen LogP contribution in [0.3, 0.4) is 0 Å². The molecular weight excluding hydrogens is 384 g/mol. The van der Waals surface area contributed by atoms with Crippen LogP contribution in [0.25, 0.3) is 0 Å². The van der Waals surface area contributed by atoms with Gasteiger partial charge < -0.3 is 10.0 Å². The summed E-state index contributed by atoms with van der Waals surface area (Å²) in [5.41, 5.74) is 1.94. The molecule has 1 aromatic heterocycles. The van der Waals surface area contributed by atoms with E-state index < -0.39 is 22.2 Å². The normalized spacial score (nSPS) is 23.8. The zero-order chi connectivity index (χ0) is 19.0. The number of benzene rings is 1. The molecule has 2 atom stereocenters. The fraction of sp³-hybridized carbons (Fsp3) is 0.421. The number of thiophene rings is 1. The Balaban J connectivity index is 1.71. The lowest BCUT2D eigenvalue weighted by Gasteiger charge is -2.39. The average molecular weight is 407 g/mol. The van der Waals surface area contributed by atoms with Crippen LogP contribution in [-0.4, -0.2) is 53.9 Å². The number of carbonyl (C=O) groups excluding carboxylic acids is 1. The lowest BCUT2D eigenvalue weighted by Crippen LogP contribution is -2.55. The highest BCUT2D eigenvalue weighted by Gasteiger charge is 2.42. The summed E-state index contributed by atoms with van der Waals surface area (Å²) in [6.45, 7) is 1.01. The summed E-state index contributed by atoms with van der Waals surface area (Å²) in [5, 5.41) is 11.7. The minimum absolute atomic E-state index is 0.184. The molecule has 6 nitrogen and oxygen atoms in total. The van der Waals surface area contributed by atoms with Crippen molar-refractivity contribution >= 4 is 27.3 Å². The Morgan fingerprint density at radius 2 is 1.93 bits per heavy atom. The summed E-state index contributed by atoms with van der Waals surface area (Å²) >= 11 is 1.16. The number of fused-ring (bicyclic) bond motifs is 1. The van der Waals surface area contributed by atoms with E-state index in [0.717, 1.165) is 28.9 Å². The Kier molecular flexibility index (Phi) is 5.07. The first-order valence-corrected chi connectivity index (χ1v) is 11.4. The number of β-amino-alcohol motifs (C(OH)–C–C–N with tert-alkyl or cyclic N) is 1. The Hall–Kier alpha value is -1.74. The highest BCUT2D eigenvalue weighted by molar-refractivity contribution is 7.91. The molecule has 3 heterocycles. The molecule has 144 valence electrons. The zero-order valence-electron chi connectivity index (χ0n) is 14.8. The van der Waals surface area contributed by atoms with E-state index in [4.69, 9.17) is 0 Å². The zero-order valence-corrected chi connectivity index (χ0v) is 16.5. The van der Waals surface area contributed by atoms with E-state index >= 15 is 0 Å². The lowest BCUT2D eigenvalue weighted by molar-refractivity contribution is -0.138. The third-order valence-corrected chi connectivity index (χ3v) is 8.48. The molecule has 8 heteroatoms. The van der Waals surface area contributed by atoms with Crippen molar-refractivity contribution in [1.29, 1.82) is 0 Å². The summed E-state index contributed by atoms with van der Waals surface area (Å²) in [6.07, 6.45) is 1.22. The lowest BCUT2D eigenvalue weighted by atomic mass is 9.94. The maximum atomic E-state index is 13.2. The van der Waals surface area contributed by atoms with Crippen LogP contribution in [0.2, 0.25) is 0 Å². The first kappa shape index (κ1) is 18.6. The van der Waals surface area contributed by atoms with Gasteiger partial charge >= 0.3 is 0 Å². The molecule has 4 rings (SSSR count). The molecule has 0 aliphatic carbocycles. The van der Waals surface area contributed by atoms with E-state index in [2.05, 4.69) is 0 Å². The Labute approximate surface area is 163 Å². The van der Waals surface area contributed by atoms with Gasteiger partial charge in [0.1, 0.15) is 10.3 Å². The number of amides is 1. The highest BCUT2D eigenvalue weighted by Crippen LogP contribution is 2.32. The van der Waals surface area contributed by atoms with Crippen LogP contribution in [0.4, 0.5) is 0 Å². The first-order chi connectivity index (χ1) is 13.0. The Morgan fingerprint density at radius 1 is 1.15 bits per heavy atom. The fourth-order valence-corrected chi connectivity index (χ4v) is 6.53. The molecule has 0 radical (unpaired) electrons. The second kappa shape index (κ2) is 7.35. The van der Waals surface area contributed by atoms with Crippen molar-refractivity contribution in [3.8, 4) is 0 Å². The average Bonchev–Trinajstić information content (AvgIpc) is 3.22. The number of hydrogen-bond donors (Lipinski definition) is 1. The monoisotopic (exact) mass is 406 g/mol. The van der Waals surface area contributed by atoms with Crippen LogP contribution in [-0.2, 0) is 27.8 Å². The smallest absolute Gasteiger partial charge is 0.253 e. The molecule has 1 saturated heterocycles. The quantitative estimate of drug-likeness (QED) is 0.844. The molecule has 0 bridgehead atoms. The van der Waals surface area contributed by atoms with Gasteiger partial charge in [0.05, 0.1) is 6.10 Å². The molecule has 2 aliphatic heterocycles. The number of nitrogens with zero attached hydrogens (tertiary/aromatic N) is 2. The number of piperidine rings is 1. The number of sulfonamides is 1. The van der Waals surface area contributed by atoms with Gasteiger partial charge in [-0.05, 0) is 41.8 Å². The second-order valence-electron chi connectivity index (χ2n) is 7.05. The van der Waals surface area contributed by atoms with E-state index in [9.17, 15) is 18.3 Å². The van der Waals surface area contributed by atoms with Gasteiger partial charge in [0.25, 0.3) is 10.0 Å². The van der Waals surface area contributed by atoms with Crippen molar-refractivity contribution in [2.75, 3.05) is 13.1 Å². The summed E-state index contributed by atoms with van der Waals surface area (Å²) in [6, 6.07) is 10.2. The molecule has 1 aromatic carbocycles. The number of aliphatic hydroxyl groups is 1. The van der Waals surface area contributed by atoms with Crippen LogP contribution in [0.15, 0.2) is 46.0 Å². The van der Waals surface area contributed by atoms with Crippen molar-refractivity contribution in [1.82, 2.24) is 9.21 Å². The fourth-order valence-electron chi connectivity index (χ4n) is 3.85. The van der Waals surface area contributed by atoms with Gasteiger partial charge in [-0.1, -0.05) is 30.3 Å². The van der Waals surface area contributed by atoms with Crippen LogP contribution in [0.5, 0.6) is 0 Å². The molecule has 2 unspecified atom stereocenters. The molecule has 27 heavy (non-hydrogen) atoms. The van der Waals surface area contributed by atoms with Crippen LogP contribution in [0, 0.1) is 0 Å². The summed E-state index contributed by atoms with van der Waals surface area (Å²) < 4.78 is 28.1. The third kappa shape index (κ3) is 3.54. The molecule has 0 spiro atoms. The van der Waals surface area contributed by atoms with Gasteiger partial charge in [-0.25, -0.2) is 8.42 Å². The van der Waals surface area contributed by atoms with Crippen molar-refractivity contribution in [3.63, 3.8) is 0 Å². The van der Waals surface area contributed by atoms with E-state index in [1.165, 1.54) is 4.31 Å². The van der Waals surface area contributed by atoms with Crippen LogP contribution < -0.4 is 0 Å². The van der Waals surface area contributed by atoms with Crippen molar-refractivity contribution < 1.29 is 18.3 Å². The minimum Gasteiger partial charge on any atom is -0.391 e. The topological polar surface area (TPSA) is 77.9 Å². The standard InChI is InChI=1S/C19H22N2O4S2/c22-16-7-3-9-20(13-16)19(23)17-11-14-5-1-2-6-15(14)12-21(17)27(24,25)18-8-4-10-26-18/h1-2,4-6,8,10,16-17,22H,3,7,9,11-13H2. The minimum atomic E-state index is -3.77. The van der Waals surface area contributed by atoms with Gasteiger partial charge in [-0.15, -0.1) is 11.3 Å². The number of rotatable bonds is 3. The third-order valence-electron chi connectivity index (χ3n) is 5.26. The summed E-state index contributed by atoms with van der Waals surface area (Å²) in [5.74, 6) is -0.219. The van der Waals surface area contributed by atoms with Gasteiger partial charge in [-0.3, -0.25) is 4.79 Å². The van der Waals surface area contributed by atoms with Crippen molar-refractivity contribution in [2.24, 2.45) is 0 Å². The number of likely N-dealkylation sites (tertiary alicyclic amines) is 1. The number of aliphatic hydroxyl groups excluding tert-OH is 1. The van der Waals surface area contributed by atoms with E-state index in [-0.39, 0.29) is 23.2 Å². The maximum Gasteiger partial charge on any atom is 0.253 e. The predicted molar refractivity (Wildman–Crippen MR) is 103 cm³/mol. The van der Waals surface area contributed by atoms with Gasteiger partial charge in [0.2, 0.25) is 5.91 Å². The number of hydrogen-bond acceptors (Lipinski definition) is 5. The van der Waals surface area contributed by atoms with Crippen LogP contribution in [0.1, 0.15) is 24.0 Å². The molecular formula is C19H22N2O4S2. The van der Waals surface area contributed by atoms with Gasteiger partial charge in [-0.2, -0.15) is 4.31 Å². The SMILES string of the molecule is O=C(C1Cc2ccccc2CN1S(=O)(=O)c1cccs1)N1CCCC(O)C1. The molecule has 1 amide bonds. The Morgan fingerprint density at radius 3 is 2.63 bits per heavy atom. The second-order valence-corrected chi connectivity index (χ2v) is 10.1. The van der Waals surface area contributed by atoms with Crippen LogP contribution >= 0.6 is 11.3 Å². The highest BCUT2D eigenvalue weighted by atomic mass is 32.2. The predicted octanol–water partition coefficient (Wildman–Crippen LogP) is 1.85. The molecule has 2 aromatic rings. The van der Waals surface area contributed by atoms with Gasteiger partial charge in [0, 0.05) is 19.6 Å². The van der Waals surface area contributed by atoms with Crippen molar-refractivity contribution in [3.05, 3.63) is 52.9 Å². The van der Waals surface area contributed by atoms with E-state index in [1.807, 2.05) is 24.3 Å². The molecule has 2 aliphatic rings. The Bertz CT molecular complexity index is 927. The van der Waals surface area contributed by atoms with Gasteiger partial charge in [0.15, 0.2) is 0 Å². The summed E-state index contributed by atoms with van der Waals surface area (Å²) in [4.78, 5) is 14.9. The molecule has 1 N–H and O–H groups in total.